The Labute approximate surface area is 117 Å². The predicted molar refractivity (Wildman–Crippen MR) is 74.4 cm³/mol. The van der Waals surface area contributed by atoms with E-state index in [4.69, 9.17) is 28.0 Å². The molecule has 0 spiro atoms. The van der Waals surface area contributed by atoms with Gasteiger partial charge in [0.05, 0.1) is 16.3 Å². The highest BCUT2D eigenvalue weighted by Crippen LogP contribution is 2.22. The minimum Gasteiger partial charge on any atom is -0.313 e. The number of rotatable bonds is 2. The highest BCUT2D eigenvalue weighted by Gasteiger charge is 2.17. The lowest BCUT2D eigenvalue weighted by molar-refractivity contribution is 0.0512. The van der Waals surface area contributed by atoms with Crippen LogP contribution in [0.4, 0.5) is 0 Å². The minimum absolute atomic E-state index is 0.149. The van der Waals surface area contributed by atoms with Gasteiger partial charge in [0.25, 0.3) is 0 Å². The second-order valence-corrected chi connectivity index (χ2v) is 5.77. The molecule has 0 radical (unpaired) electrons. The molecule has 3 nitrogen and oxygen atoms in total. The maximum atomic E-state index is 11.8. The largest absolute Gasteiger partial charge is 0.367 e. The van der Waals surface area contributed by atoms with Crippen molar-refractivity contribution in [1.82, 2.24) is 0 Å². The zero-order valence-electron chi connectivity index (χ0n) is 10.8. The van der Waals surface area contributed by atoms with Crippen molar-refractivity contribution >= 4 is 34.9 Å². The summed E-state index contributed by atoms with van der Waals surface area (Å²) in [6, 6.07) is 4.57. The van der Waals surface area contributed by atoms with E-state index in [9.17, 15) is 4.79 Å². The Balaban J connectivity index is 2.84. The zero-order chi connectivity index (χ0) is 13.9. The van der Waals surface area contributed by atoms with Gasteiger partial charge in [-0.25, -0.2) is 4.79 Å². The molecule has 98 valence electrons. The molecule has 0 fully saturated rings. The molecule has 0 N–H and O–H groups in total. The van der Waals surface area contributed by atoms with Crippen LogP contribution in [0.1, 0.15) is 38.1 Å². The van der Waals surface area contributed by atoms with Crippen molar-refractivity contribution in [1.29, 1.82) is 0 Å². The third-order valence-corrected chi connectivity index (χ3v) is 3.05. The van der Waals surface area contributed by atoms with Crippen molar-refractivity contribution in [2.45, 2.75) is 27.7 Å². The normalized spacial score (nSPS) is 12.4. The fourth-order valence-electron chi connectivity index (χ4n) is 0.951. The van der Waals surface area contributed by atoms with Crippen molar-refractivity contribution in [2.24, 2.45) is 10.6 Å². The Morgan fingerprint density at radius 1 is 1.28 bits per heavy atom. The molecule has 1 aromatic rings. The van der Waals surface area contributed by atoms with Crippen LogP contribution < -0.4 is 0 Å². The number of halogens is 2. The van der Waals surface area contributed by atoms with Crippen LogP contribution in [0, 0.1) is 5.41 Å². The molecule has 0 heterocycles. The van der Waals surface area contributed by atoms with Crippen LogP contribution in [0.25, 0.3) is 0 Å². The molecule has 0 aliphatic carbocycles. The molecule has 18 heavy (non-hydrogen) atoms. The summed E-state index contributed by atoms with van der Waals surface area (Å²) < 4.78 is 0. The Kier molecular flexibility index (Phi) is 4.77. The van der Waals surface area contributed by atoms with E-state index in [0.29, 0.717) is 5.02 Å². The van der Waals surface area contributed by atoms with E-state index < -0.39 is 5.97 Å². The average Bonchev–Trinajstić information content (AvgIpc) is 2.24. The first-order valence-electron chi connectivity index (χ1n) is 5.43. The van der Waals surface area contributed by atoms with Crippen LogP contribution in [0.2, 0.25) is 10.0 Å². The average molecular weight is 288 g/mol. The third-order valence-electron chi connectivity index (χ3n) is 2.50. The van der Waals surface area contributed by atoms with E-state index in [2.05, 4.69) is 5.16 Å². The number of nitrogens with zero attached hydrogens (tertiary/aromatic N) is 1. The summed E-state index contributed by atoms with van der Waals surface area (Å²) in [6.45, 7) is 7.75. The van der Waals surface area contributed by atoms with E-state index >= 15 is 0 Å². The second-order valence-electron chi connectivity index (χ2n) is 4.93. The summed E-state index contributed by atoms with van der Waals surface area (Å²) >= 11 is 11.6. The lowest BCUT2D eigenvalue weighted by Crippen LogP contribution is -2.18. The summed E-state index contributed by atoms with van der Waals surface area (Å²) in [5, 5.41) is 4.52. The molecule has 1 rings (SSSR count). The van der Waals surface area contributed by atoms with E-state index in [1.165, 1.54) is 12.1 Å². The van der Waals surface area contributed by atoms with Gasteiger partial charge >= 0.3 is 5.97 Å². The van der Waals surface area contributed by atoms with Gasteiger partial charge in [0.2, 0.25) is 0 Å². The SMILES string of the molecule is C/C(=N\OC(=O)c1ccc(Cl)cc1Cl)C(C)(C)C. The zero-order valence-corrected chi connectivity index (χ0v) is 12.3. The molecule has 1 aromatic carbocycles. The molecule has 0 saturated heterocycles. The summed E-state index contributed by atoms with van der Waals surface area (Å²) in [6.07, 6.45) is 0. The maximum Gasteiger partial charge on any atom is 0.367 e. The van der Waals surface area contributed by atoms with E-state index in [-0.39, 0.29) is 16.0 Å². The molecule has 0 amide bonds. The summed E-state index contributed by atoms with van der Waals surface area (Å²) in [5.41, 5.74) is 0.817. The Bertz CT molecular complexity index is 490. The van der Waals surface area contributed by atoms with Crippen LogP contribution in [0.3, 0.4) is 0 Å². The first-order chi connectivity index (χ1) is 8.21. The van der Waals surface area contributed by atoms with Crippen LogP contribution in [-0.2, 0) is 4.84 Å². The molecule has 0 bridgehead atoms. The molecule has 0 unspecified atom stereocenters. The van der Waals surface area contributed by atoms with Crippen molar-refractivity contribution in [3.63, 3.8) is 0 Å². The molecular formula is C13H15Cl2NO2. The van der Waals surface area contributed by atoms with Crippen LogP contribution in [0.5, 0.6) is 0 Å². The third kappa shape index (κ3) is 4.00. The number of hydrogen-bond donors (Lipinski definition) is 0. The lowest BCUT2D eigenvalue weighted by atomic mass is 9.91. The quantitative estimate of drug-likeness (QED) is 0.454. The maximum absolute atomic E-state index is 11.8. The fraction of sp³-hybridized carbons (Fsp3) is 0.385. The molecule has 0 saturated carbocycles. The monoisotopic (exact) mass is 287 g/mol. The summed E-state index contributed by atoms with van der Waals surface area (Å²) in [4.78, 5) is 16.6. The number of hydrogen-bond acceptors (Lipinski definition) is 3. The van der Waals surface area contributed by atoms with Crippen molar-refractivity contribution < 1.29 is 9.63 Å². The van der Waals surface area contributed by atoms with E-state index in [0.717, 1.165) is 5.71 Å². The van der Waals surface area contributed by atoms with Gasteiger partial charge in [-0.1, -0.05) is 49.1 Å². The van der Waals surface area contributed by atoms with Gasteiger partial charge in [-0.3, -0.25) is 0 Å². The summed E-state index contributed by atoms with van der Waals surface area (Å²) in [7, 11) is 0. The summed E-state index contributed by atoms with van der Waals surface area (Å²) in [5.74, 6) is -0.597. The van der Waals surface area contributed by atoms with Gasteiger partial charge in [-0.05, 0) is 25.1 Å². The number of oxime groups is 1. The molecule has 0 aliphatic rings. The Hall–Kier alpha value is -1.06. The van der Waals surface area contributed by atoms with Gasteiger partial charge < -0.3 is 4.84 Å². The van der Waals surface area contributed by atoms with Gasteiger partial charge in [-0.2, -0.15) is 0 Å². The Morgan fingerprint density at radius 2 is 1.89 bits per heavy atom. The van der Waals surface area contributed by atoms with Gasteiger partial charge in [0.1, 0.15) is 0 Å². The predicted octanol–water partition coefficient (Wildman–Crippen LogP) is 4.57. The molecular weight excluding hydrogens is 273 g/mol. The molecule has 0 atom stereocenters. The van der Waals surface area contributed by atoms with Crippen LogP contribution >= 0.6 is 23.2 Å². The van der Waals surface area contributed by atoms with Gasteiger partial charge in [-0.15, -0.1) is 0 Å². The van der Waals surface area contributed by atoms with E-state index in [1.807, 2.05) is 20.8 Å². The van der Waals surface area contributed by atoms with Crippen molar-refractivity contribution in [3.8, 4) is 0 Å². The first-order valence-corrected chi connectivity index (χ1v) is 6.19. The molecule has 0 aliphatic heterocycles. The van der Waals surface area contributed by atoms with Crippen LogP contribution in [0.15, 0.2) is 23.4 Å². The van der Waals surface area contributed by atoms with Gasteiger partial charge in [0.15, 0.2) is 0 Å². The van der Waals surface area contributed by atoms with Crippen molar-refractivity contribution in [3.05, 3.63) is 33.8 Å². The number of carbonyl (C=O) groups excluding carboxylic acids is 1. The lowest BCUT2D eigenvalue weighted by Gasteiger charge is -2.16. The highest BCUT2D eigenvalue weighted by atomic mass is 35.5. The highest BCUT2D eigenvalue weighted by molar-refractivity contribution is 6.36. The molecule has 0 aromatic heterocycles. The number of benzene rings is 1. The molecule has 5 heteroatoms. The standard InChI is InChI=1S/C13H15Cl2NO2/c1-8(13(2,3)4)16-18-12(17)10-6-5-9(14)7-11(10)15/h5-7H,1-4H3/b16-8+. The van der Waals surface area contributed by atoms with Crippen molar-refractivity contribution in [2.75, 3.05) is 0 Å². The number of carbonyl (C=O) groups is 1. The topological polar surface area (TPSA) is 38.7 Å². The van der Waals surface area contributed by atoms with Crippen LogP contribution in [-0.4, -0.2) is 11.7 Å². The first kappa shape index (κ1) is 15.0. The Morgan fingerprint density at radius 3 is 2.39 bits per heavy atom. The van der Waals surface area contributed by atoms with Gasteiger partial charge in [0, 0.05) is 10.4 Å². The minimum atomic E-state index is -0.597. The second kappa shape index (κ2) is 5.72. The van der Waals surface area contributed by atoms with E-state index in [1.54, 1.807) is 13.0 Å². The smallest absolute Gasteiger partial charge is 0.313 e. The fourth-order valence-corrected chi connectivity index (χ4v) is 1.44.